The fourth-order valence-electron chi connectivity index (χ4n) is 1.80. The van der Waals surface area contributed by atoms with Crippen molar-refractivity contribution >= 4 is 11.3 Å². The van der Waals surface area contributed by atoms with Crippen molar-refractivity contribution in [1.29, 1.82) is 0 Å². The summed E-state index contributed by atoms with van der Waals surface area (Å²) in [6.07, 6.45) is 3.93. The van der Waals surface area contributed by atoms with Crippen LogP contribution in [0.5, 0.6) is 5.19 Å². The average molecular weight is 295 g/mol. The van der Waals surface area contributed by atoms with E-state index in [4.69, 9.17) is 4.74 Å². The van der Waals surface area contributed by atoms with Gasteiger partial charge in [0.25, 0.3) is 5.19 Å². The summed E-state index contributed by atoms with van der Waals surface area (Å²) >= 11 is 1.48. The molecule has 0 amide bonds. The van der Waals surface area contributed by atoms with Gasteiger partial charge in [-0.2, -0.15) is 5.10 Å². The fraction of sp³-hybridized carbons (Fsp3) is 0.615. The second-order valence-corrected chi connectivity index (χ2v) is 5.83. The number of rotatable bonds is 7. The van der Waals surface area contributed by atoms with Crippen molar-refractivity contribution in [2.24, 2.45) is 0 Å². The van der Waals surface area contributed by atoms with Crippen molar-refractivity contribution in [2.75, 3.05) is 6.61 Å². The zero-order chi connectivity index (χ0) is 14.5. The topological polar surface area (TPSA) is 64.9 Å². The summed E-state index contributed by atoms with van der Waals surface area (Å²) in [5.41, 5.74) is 1.18. The Balaban J connectivity index is 1.86. The second-order valence-electron chi connectivity index (χ2n) is 4.80. The lowest BCUT2D eigenvalue weighted by molar-refractivity contribution is 0.335. The number of aryl methyl sites for hydroxylation is 1. The van der Waals surface area contributed by atoms with Crippen molar-refractivity contribution in [3.05, 3.63) is 23.0 Å². The van der Waals surface area contributed by atoms with Crippen LogP contribution in [0, 0.1) is 6.92 Å². The summed E-state index contributed by atoms with van der Waals surface area (Å²) in [5.74, 6) is 0. The van der Waals surface area contributed by atoms with Crippen molar-refractivity contribution in [2.45, 2.75) is 46.3 Å². The molecule has 2 rings (SSSR count). The minimum atomic E-state index is 0.281. The molecular formula is C13H21N5OS. The lowest BCUT2D eigenvalue weighted by Gasteiger charge is -2.21. The van der Waals surface area contributed by atoms with Gasteiger partial charge in [-0.15, -0.1) is 10.2 Å². The van der Waals surface area contributed by atoms with E-state index in [1.807, 2.05) is 24.7 Å². The van der Waals surface area contributed by atoms with Gasteiger partial charge in [0.2, 0.25) is 0 Å². The van der Waals surface area contributed by atoms with E-state index in [0.29, 0.717) is 18.3 Å². The maximum absolute atomic E-state index is 5.32. The lowest BCUT2D eigenvalue weighted by Crippen LogP contribution is -2.33. The molecule has 0 aliphatic heterocycles. The molecule has 0 spiro atoms. The van der Waals surface area contributed by atoms with Crippen LogP contribution in [0.4, 0.5) is 0 Å². The van der Waals surface area contributed by atoms with Gasteiger partial charge in [-0.3, -0.25) is 4.68 Å². The summed E-state index contributed by atoms with van der Waals surface area (Å²) in [5, 5.41) is 17.5. The highest BCUT2D eigenvalue weighted by Gasteiger charge is 2.15. The molecule has 0 aromatic carbocycles. The van der Waals surface area contributed by atoms with E-state index in [1.54, 1.807) is 0 Å². The van der Waals surface area contributed by atoms with Crippen LogP contribution in [0.25, 0.3) is 0 Å². The molecule has 0 radical (unpaired) electrons. The third-order valence-corrected chi connectivity index (χ3v) is 4.00. The molecule has 0 fully saturated rings. The van der Waals surface area contributed by atoms with Gasteiger partial charge in [0.1, 0.15) is 5.01 Å². The standard InChI is InChI=1S/C13H21N5OS/c1-5-19-13-17-16-12(20-13)7-14-10(3)11(4)18-8-9(2)6-15-18/h6,8,10-11,14H,5,7H2,1-4H3. The Labute approximate surface area is 123 Å². The van der Waals surface area contributed by atoms with Crippen LogP contribution < -0.4 is 10.1 Å². The first kappa shape index (κ1) is 14.9. The minimum absolute atomic E-state index is 0.281. The molecule has 0 saturated heterocycles. The first-order valence-electron chi connectivity index (χ1n) is 6.79. The molecule has 2 aromatic heterocycles. The average Bonchev–Trinajstić information content (AvgIpc) is 3.05. The van der Waals surface area contributed by atoms with Crippen LogP contribution in [0.3, 0.4) is 0 Å². The van der Waals surface area contributed by atoms with Gasteiger partial charge in [0, 0.05) is 12.2 Å². The number of nitrogens with zero attached hydrogens (tertiary/aromatic N) is 4. The van der Waals surface area contributed by atoms with E-state index in [0.717, 1.165) is 5.01 Å². The summed E-state index contributed by atoms with van der Waals surface area (Å²) < 4.78 is 7.30. The van der Waals surface area contributed by atoms with Gasteiger partial charge in [-0.05, 0) is 33.3 Å². The summed E-state index contributed by atoms with van der Waals surface area (Å²) in [4.78, 5) is 0. The number of ether oxygens (including phenoxy) is 1. The van der Waals surface area contributed by atoms with E-state index in [2.05, 4.69) is 40.7 Å². The highest BCUT2D eigenvalue weighted by atomic mass is 32.1. The third kappa shape index (κ3) is 3.77. The normalized spacial score (nSPS) is 14.2. The lowest BCUT2D eigenvalue weighted by atomic mass is 10.2. The highest BCUT2D eigenvalue weighted by molar-refractivity contribution is 7.13. The van der Waals surface area contributed by atoms with E-state index in [9.17, 15) is 0 Å². The Bertz CT molecular complexity index is 538. The van der Waals surface area contributed by atoms with Crippen LogP contribution in [0.1, 0.15) is 37.4 Å². The van der Waals surface area contributed by atoms with Crippen LogP contribution in [-0.2, 0) is 6.54 Å². The molecular weight excluding hydrogens is 274 g/mol. The molecule has 110 valence electrons. The predicted molar refractivity (Wildman–Crippen MR) is 79.1 cm³/mol. The Kier molecular flexibility index (Phi) is 5.08. The molecule has 6 nitrogen and oxygen atoms in total. The van der Waals surface area contributed by atoms with Gasteiger partial charge < -0.3 is 10.1 Å². The SMILES string of the molecule is CCOc1nnc(CNC(C)C(C)n2cc(C)cn2)s1. The van der Waals surface area contributed by atoms with E-state index in [-0.39, 0.29) is 12.1 Å². The Morgan fingerprint density at radius 3 is 2.85 bits per heavy atom. The number of aromatic nitrogens is 4. The monoisotopic (exact) mass is 295 g/mol. The van der Waals surface area contributed by atoms with Crippen molar-refractivity contribution in [3.8, 4) is 5.19 Å². The molecule has 2 unspecified atom stereocenters. The van der Waals surface area contributed by atoms with E-state index >= 15 is 0 Å². The van der Waals surface area contributed by atoms with Gasteiger partial charge in [0.15, 0.2) is 0 Å². The number of hydrogen-bond donors (Lipinski definition) is 1. The van der Waals surface area contributed by atoms with Gasteiger partial charge >= 0.3 is 0 Å². The third-order valence-electron chi connectivity index (χ3n) is 3.16. The summed E-state index contributed by atoms with van der Waals surface area (Å²) in [6.45, 7) is 9.59. The summed E-state index contributed by atoms with van der Waals surface area (Å²) in [6, 6.07) is 0.566. The molecule has 1 N–H and O–H groups in total. The molecule has 0 saturated carbocycles. The molecule has 7 heteroatoms. The van der Waals surface area contributed by atoms with Gasteiger partial charge in [0.05, 0.1) is 25.4 Å². The molecule has 0 aliphatic carbocycles. The highest BCUT2D eigenvalue weighted by Crippen LogP contribution is 2.18. The van der Waals surface area contributed by atoms with Crippen LogP contribution in [0.15, 0.2) is 12.4 Å². The fourth-order valence-corrected chi connectivity index (χ4v) is 2.49. The largest absolute Gasteiger partial charge is 0.469 e. The molecule has 0 aliphatic rings. The Hall–Kier alpha value is -1.47. The second kappa shape index (κ2) is 6.81. The Morgan fingerprint density at radius 2 is 2.20 bits per heavy atom. The van der Waals surface area contributed by atoms with Crippen LogP contribution in [0.2, 0.25) is 0 Å². The molecule has 2 atom stereocenters. The molecule has 2 aromatic rings. The van der Waals surface area contributed by atoms with Crippen molar-refractivity contribution in [1.82, 2.24) is 25.3 Å². The maximum Gasteiger partial charge on any atom is 0.294 e. The zero-order valence-corrected chi connectivity index (χ0v) is 13.1. The summed E-state index contributed by atoms with van der Waals surface area (Å²) in [7, 11) is 0. The van der Waals surface area contributed by atoms with Gasteiger partial charge in [-0.1, -0.05) is 11.3 Å². The van der Waals surface area contributed by atoms with Crippen molar-refractivity contribution < 1.29 is 4.74 Å². The smallest absolute Gasteiger partial charge is 0.294 e. The molecule has 2 heterocycles. The van der Waals surface area contributed by atoms with E-state index < -0.39 is 0 Å². The quantitative estimate of drug-likeness (QED) is 0.848. The van der Waals surface area contributed by atoms with E-state index in [1.165, 1.54) is 16.9 Å². The maximum atomic E-state index is 5.32. The molecule has 20 heavy (non-hydrogen) atoms. The molecule has 0 bridgehead atoms. The first-order chi connectivity index (χ1) is 9.60. The zero-order valence-electron chi connectivity index (χ0n) is 12.3. The number of hydrogen-bond acceptors (Lipinski definition) is 6. The van der Waals surface area contributed by atoms with Crippen LogP contribution >= 0.6 is 11.3 Å². The predicted octanol–water partition coefficient (Wildman–Crippen LogP) is 2.18. The number of nitrogens with one attached hydrogen (secondary N) is 1. The Morgan fingerprint density at radius 1 is 1.40 bits per heavy atom. The van der Waals surface area contributed by atoms with Crippen molar-refractivity contribution in [3.63, 3.8) is 0 Å². The van der Waals surface area contributed by atoms with Crippen LogP contribution in [-0.4, -0.2) is 32.6 Å². The first-order valence-corrected chi connectivity index (χ1v) is 7.61. The minimum Gasteiger partial charge on any atom is -0.469 e. The van der Waals surface area contributed by atoms with Gasteiger partial charge in [-0.25, -0.2) is 0 Å².